The van der Waals surface area contributed by atoms with Crippen molar-refractivity contribution in [2.45, 2.75) is 39.0 Å². The molecule has 1 aliphatic heterocycles. The van der Waals surface area contributed by atoms with E-state index in [9.17, 15) is 4.79 Å². The quantitative estimate of drug-likeness (QED) is 0.859. The number of thiazole rings is 1. The number of aryl methyl sites for hydroxylation is 2. The SMILES string of the molecule is CCc1nc(C)sc1C(=O)NCCN1CCC[C@H](c2ccccc2)C1. The minimum absolute atomic E-state index is 0.0269. The molecule has 0 radical (unpaired) electrons. The number of nitrogens with zero attached hydrogens (tertiary/aromatic N) is 2. The lowest BCUT2D eigenvalue weighted by molar-refractivity contribution is 0.0948. The van der Waals surface area contributed by atoms with Crippen molar-refractivity contribution in [2.75, 3.05) is 26.2 Å². The number of amides is 1. The highest BCUT2D eigenvalue weighted by atomic mass is 32.1. The van der Waals surface area contributed by atoms with Gasteiger partial charge in [0.1, 0.15) is 4.88 Å². The summed E-state index contributed by atoms with van der Waals surface area (Å²) in [6, 6.07) is 10.8. The van der Waals surface area contributed by atoms with Gasteiger partial charge < -0.3 is 10.2 Å². The van der Waals surface area contributed by atoms with Crippen molar-refractivity contribution in [3.8, 4) is 0 Å². The molecule has 0 bridgehead atoms. The number of hydrogen-bond donors (Lipinski definition) is 1. The number of aromatic nitrogens is 1. The smallest absolute Gasteiger partial charge is 0.263 e. The molecule has 134 valence electrons. The lowest BCUT2D eigenvalue weighted by atomic mass is 9.91. The monoisotopic (exact) mass is 357 g/mol. The molecule has 0 unspecified atom stereocenters. The van der Waals surface area contributed by atoms with Gasteiger partial charge in [0.25, 0.3) is 5.91 Å². The van der Waals surface area contributed by atoms with Crippen LogP contribution in [-0.2, 0) is 6.42 Å². The van der Waals surface area contributed by atoms with E-state index in [1.165, 1.54) is 29.7 Å². The number of benzene rings is 1. The van der Waals surface area contributed by atoms with Crippen LogP contribution in [-0.4, -0.2) is 42.0 Å². The fraction of sp³-hybridized carbons (Fsp3) is 0.500. The van der Waals surface area contributed by atoms with Gasteiger partial charge >= 0.3 is 0 Å². The number of carbonyl (C=O) groups excluding carboxylic acids is 1. The summed E-state index contributed by atoms with van der Waals surface area (Å²) in [4.78, 5) is 20.1. The number of likely N-dealkylation sites (tertiary alicyclic amines) is 1. The molecule has 2 aromatic rings. The number of carbonyl (C=O) groups is 1. The Morgan fingerprint density at radius 3 is 2.92 bits per heavy atom. The highest BCUT2D eigenvalue weighted by Gasteiger charge is 2.21. The zero-order valence-electron chi connectivity index (χ0n) is 15.1. The minimum atomic E-state index is 0.0269. The van der Waals surface area contributed by atoms with Crippen molar-refractivity contribution >= 4 is 17.2 Å². The molecule has 5 heteroatoms. The molecule has 3 rings (SSSR count). The third kappa shape index (κ3) is 4.67. The highest BCUT2D eigenvalue weighted by molar-refractivity contribution is 7.13. The van der Waals surface area contributed by atoms with Gasteiger partial charge in [0.2, 0.25) is 0 Å². The van der Waals surface area contributed by atoms with Crippen LogP contribution in [0.3, 0.4) is 0 Å². The zero-order chi connectivity index (χ0) is 17.6. The molecule has 1 aromatic heterocycles. The van der Waals surface area contributed by atoms with Gasteiger partial charge in [-0.15, -0.1) is 11.3 Å². The predicted molar refractivity (Wildman–Crippen MR) is 103 cm³/mol. The maximum atomic E-state index is 12.4. The van der Waals surface area contributed by atoms with E-state index in [2.05, 4.69) is 45.5 Å². The largest absolute Gasteiger partial charge is 0.350 e. The molecule has 0 aliphatic carbocycles. The van der Waals surface area contributed by atoms with Gasteiger partial charge in [-0.3, -0.25) is 4.79 Å². The molecular weight excluding hydrogens is 330 g/mol. The summed E-state index contributed by atoms with van der Waals surface area (Å²) in [6.07, 6.45) is 3.28. The molecule has 0 spiro atoms. The Bertz CT molecular complexity index is 698. The van der Waals surface area contributed by atoms with Gasteiger partial charge in [-0.2, -0.15) is 0 Å². The van der Waals surface area contributed by atoms with Gasteiger partial charge in [-0.1, -0.05) is 37.3 Å². The van der Waals surface area contributed by atoms with E-state index in [1.54, 1.807) is 0 Å². The van der Waals surface area contributed by atoms with Crippen molar-refractivity contribution in [3.05, 3.63) is 51.5 Å². The first-order valence-corrected chi connectivity index (χ1v) is 10.0. The van der Waals surface area contributed by atoms with E-state index in [4.69, 9.17) is 0 Å². The Morgan fingerprint density at radius 1 is 1.36 bits per heavy atom. The normalized spacial score (nSPS) is 18.2. The Labute approximate surface area is 154 Å². The fourth-order valence-electron chi connectivity index (χ4n) is 3.55. The van der Waals surface area contributed by atoms with E-state index < -0.39 is 0 Å². The van der Waals surface area contributed by atoms with Crippen molar-refractivity contribution in [1.82, 2.24) is 15.2 Å². The van der Waals surface area contributed by atoms with Gasteiger partial charge in [0.15, 0.2) is 0 Å². The summed E-state index contributed by atoms with van der Waals surface area (Å²) in [5, 5.41) is 4.04. The molecular formula is C20H27N3OS. The minimum Gasteiger partial charge on any atom is -0.350 e. The van der Waals surface area contributed by atoms with Crippen LogP contribution in [0.15, 0.2) is 30.3 Å². The Morgan fingerprint density at radius 2 is 2.16 bits per heavy atom. The van der Waals surface area contributed by atoms with E-state index in [1.807, 2.05) is 13.8 Å². The van der Waals surface area contributed by atoms with Crippen molar-refractivity contribution in [3.63, 3.8) is 0 Å². The standard InChI is InChI=1S/C20H27N3OS/c1-3-18-19(25-15(2)22-18)20(24)21-11-13-23-12-7-10-17(14-23)16-8-5-4-6-9-16/h4-6,8-9,17H,3,7,10-14H2,1-2H3,(H,21,24)/t17-/m0/s1. The third-order valence-electron chi connectivity index (χ3n) is 4.84. The average molecular weight is 358 g/mol. The summed E-state index contributed by atoms with van der Waals surface area (Å²) in [5.74, 6) is 0.639. The second-order valence-electron chi connectivity index (χ2n) is 6.67. The highest BCUT2D eigenvalue weighted by Crippen LogP contribution is 2.26. The van der Waals surface area contributed by atoms with Crippen LogP contribution in [0.1, 0.15) is 51.6 Å². The molecule has 0 saturated carbocycles. The Hall–Kier alpha value is -1.72. The van der Waals surface area contributed by atoms with Crippen LogP contribution in [0.5, 0.6) is 0 Å². The van der Waals surface area contributed by atoms with Crippen LogP contribution in [0.4, 0.5) is 0 Å². The molecule has 2 heterocycles. The summed E-state index contributed by atoms with van der Waals surface area (Å²) < 4.78 is 0. The molecule has 1 aliphatic rings. The van der Waals surface area contributed by atoms with Gasteiger partial charge in [-0.05, 0) is 44.2 Å². The topological polar surface area (TPSA) is 45.2 Å². The van der Waals surface area contributed by atoms with Crippen LogP contribution in [0, 0.1) is 6.92 Å². The maximum absolute atomic E-state index is 12.4. The molecule has 1 saturated heterocycles. The molecule has 1 atom stereocenters. The van der Waals surface area contributed by atoms with Crippen molar-refractivity contribution in [2.24, 2.45) is 0 Å². The predicted octanol–water partition coefficient (Wildman–Crippen LogP) is 3.62. The van der Waals surface area contributed by atoms with Crippen LogP contribution in [0.2, 0.25) is 0 Å². The number of hydrogen-bond acceptors (Lipinski definition) is 4. The van der Waals surface area contributed by atoms with E-state index >= 15 is 0 Å². The van der Waals surface area contributed by atoms with Crippen LogP contribution < -0.4 is 5.32 Å². The van der Waals surface area contributed by atoms with Crippen LogP contribution in [0.25, 0.3) is 0 Å². The number of rotatable bonds is 6. The molecule has 25 heavy (non-hydrogen) atoms. The summed E-state index contributed by atoms with van der Waals surface area (Å²) >= 11 is 1.49. The lowest BCUT2D eigenvalue weighted by Crippen LogP contribution is -2.40. The summed E-state index contributed by atoms with van der Waals surface area (Å²) in [5.41, 5.74) is 2.35. The second-order valence-corrected chi connectivity index (χ2v) is 7.87. The molecule has 1 aromatic carbocycles. The first-order valence-electron chi connectivity index (χ1n) is 9.19. The second kappa shape index (κ2) is 8.59. The fourth-order valence-corrected chi connectivity index (χ4v) is 4.47. The maximum Gasteiger partial charge on any atom is 0.263 e. The molecule has 1 amide bonds. The molecule has 4 nitrogen and oxygen atoms in total. The number of piperidine rings is 1. The third-order valence-corrected chi connectivity index (χ3v) is 5.85. The number of nitrogens with one attached hydrogen (secondary N) is 1. The first kappa shape index (κ1) is 18.1. The Balaban J connectivity index is 1.49. The lowest BCUT2D eigenvalue weighted by Gasteiger charge is -2.33. The van der Waals surface area contributed by atoms with Crippen molar-refractivity contribution in [1.29, 1.82) is 0 Å². The summed E-state index contributed by atoms with van der Waals surface area (Å²) in [6.45, 7) is 7.81. The first-order chi connectivity index (χ1) is 12.2. The van der Waals surface area contributed by atoms with E-state index in [0.29, 0.717) is 12.5 Å². The van der Waals surface area contributed by atoms with Crippen LogP contribution >= 0.6 is 11.3 Å². The Kier molecular flexibility index (Phi) is 6.21. The van der Waals surface area contributed by atoms with E-state index in [0.717, 1.165) is 41.6 Å². The zero-order valence-corrected chi connectivity index (χ0v) is 15.9. The van der Waals surface area contributed by atoms with Gasteiger partial charge in [0, 0.05) is 19.6 Å². The van der Waals surface area contributed by atoms with Crippen molar-refractivity contribution < 1.29 is 4.79 Å². The molecule has 1 N–H and O–H groups in total. The van der Waals surface area contributed by atoms with Gasteiger partial charge in [0.05, 0.1) is 10.7 Å². The average Bonchev–Trinajstić information content (AvgIpc) is 3.04. The molecule has 1 fully saturated rings. The van der Waals surface area contributed by atoms with Gasteiger partial charge in [-0.25, -0.2) is 4.98 Å². The summed E-state index contributed by atoms with van der Waals surface area (Å²) in [7, 11) is 0. The van der Waals surface area contributed by atoms with E-state index in [-0.39, 0.29) is 5.91 Å².